The molecule has 0 radical (unpaired) electrons. The molecule has 0 spiro atoms. The van der Waals surface area contributed by atoms with Gasteiger partial charge in [0.1, 0.15) is 11.2 Å². The van der Waals surface area contributed by atoms with Crippen LogP contribution in [-0.4, -0.2) is 21.4 Å². The first-order valence-corrected chi connectivity index (χ1v) is 16.3. The number of hydrogen-bond acceptors (Lipinski definition) is 2. The summed E-state index contributed by atoms with van der Waals surface area (Å²) >= 11 is 15.3. The Hall–Kier alpha value is 0.800. The predicted octanol–water partition coefficient (Wildman–Crippen LogP) is 10.3. The first-order valence-electron chi connectivity index (χ1n) is 13.1. The molecule has 6 heteroatoms. The van der Waals surface area contributed by atoms with E-state index in [1.54, 1.807) is 0 Å². The molecule has 0 aromatic rings. The second-order valence-electron chi connectivity index (χ2n) is 9.84. The van der Waals surface area contributed by atoms with Crippen molar-refractivity contribution in [1.29, 1.82) is 0 Å². The van der Waals surface area contributed by atoms with Gasteiger partial charge in [-0.25, -0.2) is 0 Å². The van der Waals surface area contributed by atoms with Gasteiger partial charge in [-0.05, 0) is 61.8 Å². The van der Waals surface area contributed by atoms with Gasteiger partial charge in [0.2, 0.25) is 0 Å². The lowest BCUT2D eigenvalue weighted by Gasteiger charge is -2.57. The normalized spacial score (nSPS) is 30.1. The highest BCUT2D eigenvalue weighted by molar-refractivity contribution is 9.12. The van der Waals surface area contributed by atoms with Gasteiger partial charge in [0, 0.05) is 29.8 Å². The lowest BCUT2D eigenvalue weighted by Crippen LogP contribution is -2.66. The SMILES string of the molecule is CCCCC1=C(Br)C=C(Br)C(CCCC)C1(O)C1(O)C(CCCC)=C(Br)C=C(Br)C1CCCC. The minimum atomic E-state index is -1.42. The van der Waals surface area contributed by atoms with Crippen molar-refractivity contribution in [3.8, 4) is 0 Å². The Morgan fingerprint density at radius 2 is 0.941 bits per heavy atom. The molecule has 0 aromatic heterocycles. The van der Waals surface area contributed by atoms with Crippen molar-refractivity contribution in [2.75, 3.05) is 0 Å². The molecule has 2 nitrogen and oxygen atoms in total. The van der Waals surface area contributed by atoms with E-state index < -0.39 is 11.2 Å². The standard InChI is InChI=1S/C28H42Br4O2/c1-5-9-13-19-23(29)17-24(30)20(14-10-6-2)27(19,33)28(34)21(15-11-7-3)25(31)18-26(32)22(28)16-12-8-4/h17-19,21,33-34H,5-16H2,1-4H3. The van der Waals surface area contributed by atoms with Crippen LogP contribution in [0.15, 0.2) is 41.2 Å². The van der Waals surface area contributed by atoms with Gasteiger partial charge in [-0.3, -0.25) is 0 Å². The van der Waals surface area contributed by atoms with Crippen LogP contribution < -0.4 is 0 Å². The molecule has 0 amide bonds. The second-order valence-corrected chi connectivity index (χ2v) is 13.4. The van der Waals surface area contributed by atoms with E-state index in [2.05, 4.69) is 104 Å². The van der Waals surface area contributed by atoms with Crippen molar-refractivity contribution in [1.82, 2.24) is 0 Å². The molecule has 4 atom stereocenters. The van der Waals surface area contributed by atoms with Crippen LogP contribution in [-0.2, 0) is 0 Å². The minimum Gasteiger partial charge on any atom is -0.381 e. The van der Waals surface area contributed by atoms with Gasteiger partial charge in [-0.15, -0.1) is 0 Å². The third-order valence-electron chi connectivity index (χ3n) is 7.53. The maximum absolute atomic E-state index is 13.1. The smallest absolute Gasteiger partial charge is 0.127 e. The number of unbranched alkanes of at least 4 members (excludes halogenated alkanes) is 4. The molecule has 0 bridgehead atoms. The first-order chi connectivity index (χ1) is 16.1. The van der Waals surface area contributed by atoms with Gasteiger partial charge in [0.15, 0.2) is 0 Å². The van der Waals surface area contributed by atoms with Crippen molar-refractivity contribution in [3.05, 3.63) is 41.2 Å². The van der Waals surface area contributed by atoms with E-state index in [-0.39, 0.29) is 11.8 Å². The third-order valence-corrected chi connectivity index (χ3v) is 10.5. The summed E-state index contributed by atoms with van der Waals surface area (Å²) in [5, 5.41) is 26.3. The number of halogens is 4. The van der Waals surface area contributed by atoms with Crippen LogP contribution in [0, 0.1) is 11.8 Å². The summed E-state index contributed by atoms with van der Waals surface area (Å²) in [5.74, 6) is -0.407. The fraction of sp³-hybridized carbons (Fsp3) is 0.714. The molecule has 0 heterocycles. The van der Waals surface area contributed by atoms with E-state index in [0.717, 1.165) is 106 Å². The molecule has 2 rings (SSSR count). The molecule has 4 unspecified atom stereocenters. The van der Waals surface area contributed by atoms with Crippen molar-refractivity contribution >= 4 is 63.7 Å². The zero-order chi connectivity index (χ0) is 25.5. The largest absolute Gasteiger partial charge is 0.381 e. The van der Waals surface area contributed by atoms with Crippen molar-refractivity contribution in [2.45, 2.75) is 116 Å². The Morgan fingerprint density at radius 1 is 0.618 bits per heavy atom. The summed E-state index contributed by atoms with van der Waals surface area (Å²) in [6.45, 7) is 8.73. The number of aliphatic hydroxyl groups is 2. The van der Waals surface area contributed by atoms with Crippen molar-refractivity contribution in [2.24, 2.45) is 11.8 Å². The van der Waals surface area contributed by atoms with Crippen molar-refractivity contribution < 1.29 is 10.2 Å². The highest BCUT2D eigenvalue weighted by atomic mass is 79.9. The highest BCUT2D eigenvalue weighted by Crippen LogP contribution is 2.60. The average Bonchev–Trinajstić information content (AvgIpc) is 2.78. The van der Waals surface area contributed by atoms with Gasteiger partial charge in [0.05, 0.1) is 0 Å². The number of allylic oxidation sites excluding steroid dienone is 4. The topological polar surface area (TPSA) is 40.5 Å². The molecular formula is C28H42Br4O2. The fourth-order valence-electron chi connectivity index (χ4n) is 5.63. The predicted molar refractivity (Wildman–Crippen MR) is 161 cm³/mol. The number of hydrogen-bond donors (Lipinski definition) is 2. The zero-order valence-electron chi connectivity index (χ0n) is 21.2. The Morgan fingerprint density at radius 3 is 1.24 bits per heavy atom. The maximum atomic E-state index is 13.1. The molecule has 2 aliphatic carbocycles. The molecular weight excluding hydrogens is 688 g/mol. The molecule has 0 aromatic carbocycles. The summed E-state index contributed by atoms with van der Waals surface area (Å²) in [7, 11) is 0. The van der Waals surface area contributed by atoms with Crippen LogP contribution >= 0.6 is 63.7 Å². The lowest BCUT2D eigenvalue weighted by molar-refractivity contribution is -0.158. The summed E-state index contributed by atoms with van der Waals surface area (Å²) < 4.78 is 3.74. The molecule has 194 valence electrons. The van der Waals surface area contributed by atoms with Crippen LogP contribution in [0.5, 0.6) is 0 Å². The van der Waals surface area contributed by atoms with E-state index in [9.17, 15) is 10.2 Å². The summed E-state index contributed by atoms with van der Waals surface area (Å²) in [4.78, 5) is 0. The van der Waals surface area contributed by atoms with Gasteiger partial charge in [-0.1, -0.05) is 130 Å². The van der Waals surface area contributed by atoms with E-state index in [0.29, 0.717) is 0 Å². The monoisotopic (exact) mass is 726 g/mol. The minimum absolute atomic E-state index is 0.204. The average molecular weight is 730 g/mol. The lowest BCUT2D eigenvalue weighted by atomic mass is 9.56. The van der Waals surface area contributed by atoms with E-state index in [1.807, 2.05) is 0 Å². The van der Waals surface area contributed by atoms with E-state index >= 15 is 0 Å². The number of rotatable bonds is 13. The Bertz CT molecular complexity index is 760. The summed E-state index contributed by atoms with van der Waals surface area (Å²) in [5.41, 5.74) is -0.951. The van der Waals surface area contributed by atoms with E-state index in [4.69, 9.17) is 0 Å². The second kappa shape index (κ2) is 14.1. The van der Waals surface area contributed by atoms with Crippen LogP contribution in [0.4, 0.5) is 0 Å². The Kier molecular flexibility index (Phi) is 12.9. The van der Waals surface area contributed by atoms with Crippen LogP contribution in [0.3, 0.4) is 0 Å². The molecule has 0 fully saturated rings. The Labute approximate surface area is 241 Å². The molecule has 0 aliphatic heterocycles. The maximum Gasteiger partial charge on any atom is 0.127 e. The third kappa shape index (κ3) is 6.09. The summed E-state index contributed by atoms with van der Waals surface area (Å²) in [6, 6.07) is 0. The van der Waals surface area contributed by atoms with Gasteiger partial charge >= 0.3 is 0 Å². The fourth-order valence-corrected chi connectivity index (χ4v) is 9.32. The van der Waals surface area contributed by atoms with Crippen LogP contribution in [0.2, 0.25) is 0 Å². The molecule has 2 aliphatic rings. The molecule has 0 saturated heterocycles. The highest BCUT2D eigenvalue weighted by Gasteiger charge is 2.64. The van der Waals surface area contributed by atoms with E-state index in [1.165, 1.54) is 0 Å². The Balaban J connectivity index is 2.86. The van der Waals surface area contributed by atoms with Crippen molar-refractivity contribution in [3.63, 3.8) is 0 Å². The van der Waals surface area contributed by atoms with Gasteiger partial charge in [-0.2, -0.15) is 0 Å². The molecule has 34 heavy (non-hydrogen) atoms. The first kappa shape index (κ1) is 31.0. The zero-order valence-corrected chi connectivity index (χ0v) is 27.5. The van der Waals surface area contributed by atoms with Gasteiger partial charge in [0.25, 0.3) is 0 Å². The quantitative estimate of drug-likeness (QED) is 0.198. The van der Waals surface area contributed by atoms with Crippen LogP contribution in [0.1, 0.15) is 105 Å². The van der Waals surface area contributed by atoms with Gasteiger partial charge < -0.3 is 10.2 Å². The molecule has 0 saturated carbocycles. The molecule has 2 N–H and O–H groups in total. The summed E-state index contributed by atoms with van der Waals surface area (Å²) in [6.07, 6.45) is 15.5. The van der Waals surface area contributed by atoms with Crippen LogP contribution in [0.25, 0.3) is 0 Å².